The summed E-state index contributed by atoms with van der Waals surface area (Å²) in [4.78, 5) is 28.9. The fourth-order valence-electron chi connectivity index (χ4n) is 3.18. The minimum absolute atomic E-state index is 0.156. The molecule has 0 aromatic heterocycles. The Labute approximate surface area is 146 Å². The number of anilines is 1. The number of carbonyl (C=O) groups excluding carboxylic acids is 2. The summed E-state index contributed by atoms with van der Waals surface area (Å²) in [5.74, 6) is -0.394. The van der Waals surface area contributed by atoms with Gasteiger partial charge in [-0.05, 0) is 18.6 Å². The first-order chi connectivity index (χ1) is 12.1. The Balaban J connectivity index is 1.41. The highest BCUT2D eigenvalue weighted by atomic mass is 19.1. The SMILES string of the molecule is CN1C(=O)CNN(CCCN2CCN(c3ccccc3F)CC2)C1=O. The van der Waals surface area contributed by atoms with Crippen molar-refractivity contribution in [1.82, 2.24) is 20.2 Å². The number of rotatable bonds is 5. The predicted molar refractivity (Wildman–Crippen MR) is 92.5 cm³/mol. The maximum absolute atomic E-state index is 13.8. The van der Waals surface area contributed by atoms with Crippen molar-refractivity contribution in [1.29, 1.82) is 0 Å². The third kappa shape index (κ3) is 4.08. The van der Waals surface area contributed by atoms with Gasteiger partial charge in [0.25, 0.3) is 0 Å². The van der Waals surface area contributed by atoms with Gasteiger partial charge in [-0.1, -0.05) is 12.1 Å². The number of hydrazine groups is 1. The summed E-state index contributed by atoms with van der Waals surface area (Å²) in [6.45, 7) is 4.90. The Morgan fingerprint density at radius 1 is 1.08 bits per heavy atom. The molecule has 8 heteroatoms. The van der Waals surface area contributed by atoms with Crippen LogP contribution in [0.4, 0.5) is 14.9 Å². The summed E-state index contributed by atoms with van der Waals surface area (Å²) in [5.41, 5.74) is 3.51. The Bertz CT molecular complexity index is 633. The van der Waals surface area contributed by atoms with Gasteiger partial charge in [-0.15, -0.1) is 0 Å². The quantitative estimate of drug-likeness (QED) is 0.850. The largest absolute Gasteiger partial charge is 0.367 e. The zero-order valence-corrected chi connectivity index (χ0v) is 14.4. The normalized spacial score (nSPS) is 19.7. The lowest BCUT2D eigenvalue weighted by atomic mass is 10.2. The van der Waals surface area contributed by atoms with Crippen molar-refractivity contribution >= 4 is 17.6 Å². The number of nitrogens with zero attached hydrogens (tertiary/aromatic N) is 4. The van der Waals surface area contributed by atoms with Crippen LogP contribution in [0.1, 0.15) is 6.42 Å². The highest BCUT2D eigenvalue weighted by molar-refractivity contribution is 5.96. The van der Waals surface area contributed by atoms with E-state index in [-0.39, 0.29) is 24.3 Å². The number of urea groups is 1. The van der Waals surface area contributed by atoms with E-state index in [1.807, 2.05) is 12.1 Å². The lowest BCUT2D eigenvalue weighted by molar-refractivity contribution is -0.130. The minimum Gasteiger partial charge on any atom is -0.367 e. The molecular weight excluding hydrogens is 325 g/mol. The molecule has 136 valence electrons. The molecule has 1 aromatic carbocycles. The van der Waals surface area contributed by atoms with Crippen LogP contribution in [0.2, 0.25) is 0 Å². The van der Waals surface area contributed by atoms with Crippen molar-refractivity contribution in [2.75, 3.05) is 57.8 Å². The fraction of sp³-hybridized carbons (Fsp3) is 0.529. The van der Waals surface area contributed by atoms with Crippen LogP contribution in [-0.2, 0) is 4.79 Å². The van der Waals surface area contributed by atoms with Gasteiger partial charge in [0.15, 0.2) is 0 Å². The molecule has 7 nitrogen and oxygen atoms in total. The molecule has 2 aliphatic rings. The van der Waals surface area contributed by atoms with E-state index >= 15 is 0 Å². The van der Waals surface area contributed by atoms with Crippen molar-refractivity contribution in [3.05, 3.63) is 30.1 Å². The first kappa shape index (κ1) is 17.6. The van der Waals surface area contributed by atoms with E-state index < -0.39 is 0 Å². The van der Waals surface area contributed by atoms with Crippen molar-refractivity contribution in [3.63, 3.8) is 0 Å². The Hall–Kier alpha value is -2.19. The molecule has 0 saturated carbocycles. The summed E-state index contributed by atoms with van der Waals surface area (Å²) < 4.78 is 13.8. The van der Waals surface area contributed by atoms with Gasteiger partial charge < -0.3 is 4.90 Å². The van der Waals surface area contributed by atoms with Crippen LogP contribution in [0.3, 0.4) is 0 Å². The number of imide groups is 1. The molecule has 2 heterocycles. The van der Waals surface area contributed by atoms with Crippen LogP contribution < -0.4 is 10.3 Å². The summed E-state index contributed by atoms with van der Waals surface area (Å²) >= 11 is 0. The first-order valence-electron chi connectivity index (χ1n) is 8.59. The molecule has 0 atom stereocenters. The van der Waals surface area contributed by atoms with Gasteiger partial charge in [0.05, 0.1) is 12.2 Å². The van der Waals surface area contributed by atoms with E-state index in [2.05, 4.69) is 15.2 Å². The molecule has 1 aromatic rings. The molecular formula is C17H24FN5O2. The van der Waals surface area contributed by atoms with Gasteiger partial charge in [-0.3, -0.25) is 19.6 Å². The molecule has 3 amide bonds. The minimum atomic E-state index is -0.305. The van der Waals surface area contributed by atoms with Gasteiger partial charge in [-0.25, -0.2) is 14.6 Å². The average molecular weight is 349 g/mol. The lowest BCUT2D eigenvalue weighted by Crippen LogP contribution is -2.59. The van der Waals surface area contributed by atoms with Crippen LogP contribution in [-0.4, -0.2) is 79.6 Å². The van der Waals surface area contributed by atoms with Crippen LogP contribution in [0, 0.1) is 5.82 Å². The first-order valence-corrected chi connectivity index (χ1v) is 8.59. The highest BCUT2D eigenvalue weighted by Gasteiger charge is 2.28. The summed E-state index contributed by atoms with van der Waals surface area (Å²) in [5, 5.41) is 1.50. The van der Waals surface area contributed by atoms with Crippen LogP contribution in [0.25, 0.3) is 0 Å². The van der Waals surface area contributed by atoms with E-state index in [1.54, 1.807) is 6.07 Å². The van der Waals surface area contributed by atoms with E-state index in [0.29, 0.717) is 12.2 Å². The third-order valence-corrected chi connectivity index (χ3v) is 4.73. The maximum Gasteiger partial charge on any atom is 0.340 e. The zero-order valence-electron chi connectivity index (χ0n) is 14.4. The molecule has 1 N–H and O–H groups in total. The number of carbonyl (C=O) groups is 2. The number of hydrogen-bond acceptors (Lipinski definition) is 5. The summed E-state index contributed by atoms with van der Waals surface area (Å²) in [7, 11) is 1.50. The monoisotopic (exact) mass is 349 g/mol. The smallest absolute Gasteiger partial charge is 0.340 e. The molecule has 0 spiro atoms. The highest BCUT2D eigenvalue weighted by Crippen LogP contribution is 2.20. The third-order valence-electron chi connectivity index (χ3n) is 4.73. The second kappa shape index (κ2) is 7.79. The van der Waals surface area contributed by atoms with Crippen molar-refractivity contribution in [3.8, 4) is 0 Å². The Morgan fingerprint density at radius 2 is 1.80 bits per heavy atom. The number of hydrogen-bond donors (Lipinski definition) is 1. The van der Waals surface area contributed by atoms with Gasteiger partial charge in [0, 0.05) is 46.3 Å². The summed E-state index contributed by atoms with van der Waals surface area (Å²) in [6, 6.07) is 6.56. The van der Waals surface area contributed by atoms with Crippen molar-refractivity contribution < 1.29 is 14.0 Å². The number of benzene rings is 1. The standard InChI is InChI=1S/C17H24FN5O2/c1-20-16(24)13-19-23(17(20)25)8-4-7-21-9-11-22(12-10-21)15-6-3-2-5-14(15)18/h2-3,5-6,19H,4,7-13H2,1H3. The predicted octanol–water partition coefficient (Wildman–Crippen LogP) is 0.736. The Morgan fingerprint density at radius 3 is 2.52 bits per heavy atom. The second-order valence-electron chi connectivity index (χ2n) is 6.36. The van der Waals surface area contributed by atoms with Gasteiger partial charge in [0.1, 0.15) is 5.82 Å². The second-order valence-corrected chi connectivity index (χ2v) is 6.36. The fourth-order valence-corrected chi connectivity index (χ4v) is 3.18. The molecule has 2 saturated heterocycles. The number of likely N-dealkylation sites (N-methyl/N-ethyl adjacent to an activating group) is 1. The maximum atomic E-state index is 13.8. The van der Waals surface area contributed by atoms with Crippen molar-refractivity contribution in [2.45, 2.75) is 6.42 Å². The van der Waals surface area contributed by atoms with E-state index in [9.17, 15) is 14.0 Å². The number of nitrogens with one attached hydrogen (secondary N) is 1. The van der Waals surface area contributed by atoms with Crippen molar-refractivity contribution in [2.24, 2.45) is 0 Å². The molecule has 25 heavy (non-hydrogen) atoms. The van der Waals surface area contributed by atoms with E-state index in [0.717, 1.165) is 44.0 Å². The molecule has 2 aliphatic heterocycles. The number of piperazine rings is 1. The molecule has 0 radical (unpaired) electrons. The lowest BCUT2D eigenvalue weighted by Gasteiger charge is -2.37. The van der Waals surface area contributed by atoms with Crippen LogP contribution >= 0.6 is 0 Å². The average Bonchev–Trinajstić information content (AvgIpc) is 2.63. The zero-order chi connectivity index (χ0) is 17.8. The number of para-hydroxylation sites is 1. The van der Waals surface area contributed by atoms with Crippen LogP contribution in [0.15, 0.2) is 24.3 Å². The van der Waals surface area contributed by atoms with Gasteiger partial charge >= 0.3 is 6.03 Å². The van der Waals surface area contributed by atoms with Crippen LogP contribution in [0.5, 0.6) is 0 Å². The molecule has 3 rings (SSSR count). The number of halogens is 1. The topological polar surface area (TPSA) is 59.1 Å². The Kier molecular flexibility index (Phi) is 5.50. The molecule has 2 fully saturated rings. The van der Waals surface area contributed by atoms with Gasteiger partial charge in [0.2, 0.25) is 5.91 Å². The molecule has 0 unspecified atom stereocenters. The number of amides is 3. The van der Waals surface area contributed by atoms with E-state index in [1.165, 1.54) is 18.1 Å². The molecule has 0 aliphatic carbocycles. The van der Waals surface area contributed by atoms with Gasteiger partial charge in [-0.2, -0.15) is 0 Å². The molecule has 0 bridgehead atoms. The summed E-state index contributed by atoms with van der Waals surface area (Å²) in [6.07, 6.45) is 0.820. The van der Waals surface area contributed by atoms with E-state index in [4.69, 9.17) is 0 Å².